The van der Waals surface area contributed by atoms with Crippen LogP contribution in [0.2, 0.25) is 0 Å². The van der Waals surface area contributed by atoms with Crippen molar-refractivity contribution in [2.45, 2.75) is 13.5 Å². The van der Waals surface area contributed by atoms with Gasteiger partial charge in [-0.1, -0.05) is 18.2 Å². The van der Waals surface area contributed by atoms with E-state index >= 15 is 0 Å². The number of carboxylic acids is 1. The lowest BCUT2D eigenvalue weighted by Crippen LogP contribution is -2.19. The number of amidine groups is 1. The van der Waals surface area contributed by atoms with Crippen LogP contribution < -0.4 is 14.8 Å². The molecule has 8 nitrogen and oxygen atoms in total. The number of hydrogen-bond acceptors (Lipinski definition) is 7. The van der Waals surface area contributed by atoms with Crippen molar-refractivity contribution < 1.29 is 28.6 Å². The Balaban J connectivity index is 1.47. The largest absolute Gasteiger partial charge is 0.493 e. The molecule has 0 saturated carbocycles. The van der Waals surface area contributed by atoms with Crippen molar-refractivity contribution in [3.05, 3.63) is 82.1 Å². The second-order valence-corrected chi connectivity index (χ2v) is 8.12. The lowest BCUT2D eigenvalue weighted by atomic mass is 10.2. The van der Waals surface area contributed by atoms with E-state index < -0.39 is 5.97 Å². The van der Waals surface area contributed by atoms with Gasteiger partial charge in [-0.25, -0.2) is 9.79 Å². The monoisotopic (exact) mass is 464 g/mol. The Labute approximate surface area is 193 Å². The van der Waals surface area contributed by atoms with Crippen LogP contribution in [0, 0.1) is 6.92 Å². The van der Waals surface area contributed by atoms with E-state index in [0.717, 1.165) is 16.8 Å². The topological polar surface area (TPSA) is 110 Å². The number of rotatable bonds is 7. The van der Waals surface area contributed by atoms with E-state index in [9.17, 15) is 9.59 Å². The van der Waals surface area contributed by atoms with Crippen molar-refractivity contribution in [1.29, 1.82) is 0 Å². The van der Waals surface area contributed by atoms with Crippen LogP contribution in [-0.2, 0) is 11.4 Å². The van der Waals surface area contributed by atoms with E-state index in [1.807, 2.05) is 31.2 Å². The average Bonchev–Trinajstić information content (AvgIpc) is 3.39. The molecule has 0 bridgehead atoms. The first kappa shape index (κ1) is 22.2. The van der Waals surface area contributed by atoms with E-state index in [1.165, 1.54) is 24.9 Å². The maximum atomic E-state index is 12.4. The Hall–Kier alpha value is -3.98. The third-order valence-electron chi connectivity index (χ3n) is 4.61. The second kappa shape index (κ2) is 9.66. The lowest BCUT2D eigenvalue weighted by Gasteiger charge is -2.10. The Morgan fingerprint density at radius 3 is 2.76 bits per heavy atom. The number of nitrogens with zero attached hydrogens (tertiary/aromatic N) is 1. The number of aryl methyl sites for hydroxylation is 1. The molecule has 1 aromatic heterocycles. The van der Waals surface area contributed by atoms with Crippen LogP contribution in [0.25, 0.3) is 6.08 Å². The van der Waals surface area contributed by atoms with Crippen LogP contribution in [0.1, 0.15) is 27.4 Å². The summed E-state index contributed by atoms with van der Waals surface area (Å²) < 4.78 is 16.3. The van der Waals surface area contributed by atoms with E-state index in [-0.39, 0.29) is 18.3 Å². The molecule has 4 rings (SSSR count). The predicted octanol–water partition coefficient (Wildman–Crippen LogP) is 4.77. The summed E-state index contributed by atoms with van der Waals surface area (Å²) in [6, 6.07) is 15.9. The number of carboxylic acid groups (broad SMARTS) is 1. The number of carbonyl (C=O) groups excluding carboxylic acids is 1. The highest BCUT2D eigenvalue weighted by atomic mass is 32.2. The first-order valence-electron chi connectivity index (χ1n) is 9.90. The minimum absolute atomic E-state index is 0.0428. The van der Waals surface area contributed by atoms with Crippen LogP contribution in [0.5, 0.6) is 11.5 Å². The first-order chi connectivity index (χ1) is 15.9. The molecule has 3 aromatic rings. The molecule has 1 amide bonds. The minimum atomic E-state index is -1.14. The fraction of sp³-hybridized carbons (Fsp3) is 0.125. The zero-order chi connectivity index (χ0) is 23.4. The number of nitrogens with one attached hydrogen (secondary N) is 1. The molecule has 1 aliphatic rings. The molecular formula is C24H20N2O6S. The number of benzene rings is 2. The summed E-state index contributed by atoms with van der Waals surface area (Å²) in [5, 5.41) is 12.2. The molecular weight excluding hydrogens is 444 g/mol. The number of carbonyl (C=O) groups is 2. The number of ether oxygens (including phenoxy) is 2. The number of thioether (sulfide) groups is 1. The molecule has 0 atom stereocenters. The van der Waals surface area contributed by atoms with Crippen molar-refractivity contribution in [1.82, 2.24) is 5.32 Å². The summed E-state index contributed by atoms with van der Waals surface area (Å²) in [5.74, 6) is -0.222. The third kappa shape index (κ3) is 5.45. The van der Waals surface area contributed by atoms with Gasteiger partial charge in [0.15, 0.2) is 16.7 Å². The van der Waals surface area contributed by atoms with Gasteiger partial charge in [-0.3, -0.25) is 4.79 Å². The van der Waals surface area contributed by atoms with Crippen LogP contribution in [-0.4, -0.2) is 29.3 Å². The fourth-order valence-electron chi connectivity index (χ4n) is 3.06. The summed E-state index contributed by atoms with van der Waals surface area (Å²) in [6.45, 7) is 2.03. The minimum Gasteiger partial charge on any atom is -0.493 e. The van der Waals surface area contributed by atoms with E-state index in [2.05, 4.69) is 10.3 Å². The van der Waals surface area contributed by atoms with Crippen molar-refractivity contribution in [2.75, 3.05) is 7.11 Å². The van der Waals surface area contributed by atoms with E-state index in [4.69, 9.17) is 19.0 Å². The highest BCUT2D eigenvalue weighted by Gasteiger charge is 2.24. The summed E-state index contributed by atoms with van der Waals surface area (Å²) >= 11 is 1.26. The van der Waals surface area contributed by atoms with Crippen LogP contribution in [0.3, 0.4) is 0 Å². The second-order valence-electron chi connectivity index (χ2n) is 7.09. The lowest BCUT2D eigenvalue weighted by molar-refractivity contribution is -0.115. The molecule has 0 spiro atoms. The molecule has 2 N–H and O–H groups in total. The zero-order valence-corrected chi connectivity index (χ0v) is 18.6. The van der Waals surface area contributed by atoms with Gasteiger partial charge in [0.1, 0.15) is 12.4 Å². The first-order valence-corrected chi connectivity index (χ1v) is 10.7. The Morgan fingerprint density at radius 1 is 1.18 bits per heavy atom. The van der Waals surface area contributed by atoms with Gasteiger partial charge in [-0.05, 0) is 72.3 Å². The summed E-state index contributed by atoms with van der Waals surface area (Å²) in [5.41, 5.74) is 2.61. The molecule has 0 unspecified atom stereocenters. The maximum Gasteiger partial charge on any atom is 0.371 e. The predicted molar refractivity (Wildman–Crippen MR) is 125 cm³/mol. The van der Waals surface area contributed by atoms with Gasteiger partial charge in [0.05, 0.1) is 17.7 Å². The van der Waals surface area contributed by atoms with Crippen molar-refractivity contribution >= 4 is 40.6 Å². The third-order valence-corrected chi connectivity index (χ3v) is 5.52. The molecule has 0 radical (unpaired) electrons. The molecule has 1 saturated heterocycles. The van der Waals surface area contributed by atoms with Gasteiger partial charge in [-0.2, -0.15) is 0 Å². The van der Waals surface area contributed by atoms with Crippen LogP contribution in [0.15, 0.2) is 68.9 Å². The number of aliphatic imine (C=N–C) groups is 1. The summed E-state index contributed by atoms with van der Waals surface area (Å²) in [7, 11) is 1.51. The van der Waals surface area contributed by atoms with Crippen molar-refractivity contribution in [3.8, 4) is 11.5 Å². The molecule has 2 heterocycles. The van der Waals surface area contributed by atoms with Gasteiger partial charge in [0.2, 0.25) is 5.76 Å². The number of amides is 1. The molecule has 1 aliphatic heterocycles. The fourth-order valence-corrected chi connectivity index (χ4v) is 3.90. The zero-order valence-electron chi connectivity index (χ0n) is 17.8. The van der Waals surface area contributed by atoms with Crippen molar-refractivity contribution in [2.24, 2.45) is 4.99 Å². The molecule has 9 heteroatoms. The van der Waals surface area contributed by atoms with E-state index in [0.29, 0.717) is 27.3 Å². The Kier molecular flexibility index (Phi) is 6.50. The van der Waals surface area contributed by atoms with Crippen LogP contribution >= 0.6 is 11.8 Å². The summed E-state index contributed by atoms with van der Waals surface area (Å²) in [4.78, 5) is 28.3. The van der Waals surface area contributed by atoms with Gasteiger partial charge in [-0.15, -0.1) is 0 Å². The number of methoxy groups -OCH3 is 1. The number of hydrogen-bond donors (Lipinski definition) is 2. The van der Waals surface area contributed by atoms with Crippen molar-refractivity contribution in [3.63, 3.8) is 0 Å². The smallest absolute Gasteiger partial charge is 0.371 e. The average molecular weight is 464 g/mol. The Bertz CT molecular complexity index is 1280. The quantitative estimate of drug-likeness (QED) is 0.485. The Morgan fingerprint density at radius 2 is 2.03 bits per heavy atom. The van der Waals surface area contributed by atoms with Gasteiger partial charge < -0.3 is 24.3 Å². The molecule has 33 heavy (non-hydrogen) atoms. The molecule has 0 aliphatic carbocycles. The normalized spacial score (nSPS) is 15.6. The van der Waals surface area contributed by atoms with Gasteiger partial charge in [0, 0.05) is 0 Å². The van der Waals surface area contributed by atoms with E-state index in [1.54, 1.807) is 30.3 Å². The maximum absolute atomic E-state index is 12.4. The summed E-state index contributed by atoms with van der Waals surface area (Å²) in [6.07, 6.45) is 1.75. The highest BCUT2D eigenvalue weighted by molar-refractivity contribution is 8.18. The highest BCUT2D eigenvalue weighted by Crippen LogP contribution is 2.33. The molecule has 1 fully saturated rings. The SMILES string of the molecule is COc1cc(C=C2SC(=Nc3cccc(C)c3)NC2=O)ccc1OCc1ccc(C(=O)O)o1. The molecule has 168 valence electrons. The van der Waals surface area contributed by atoms with Gasteiger partial charge >= 0.3 is 5.97 Å². The van der Waals surface area contributed by atoms with Crippen LogP contribution in [0.4, 0.5) is 5.69 Å². The molecule has 2 aromatic carbocycles. The standard InChI is InChI=1S/C24H20N2O6S/c1-14-4-3-5-16(10-14)25-24-26-22(27)21(33-24)12-15-6-8-18(20(11-15)30-2)31-13-17-7-9-19(32-17)23(28)29/h3-12H,13H2,1-2H3,(H,28,29)(H,25,26,27). The van der Waals surface area contributed by atoms with Gasteiger partial charge in [0.25, 0.3) is 5.91 Å². The number of furan rings is 1. The number of aromatic carboxylic acids is 1.